The Bertz CT molecular complexity index is 807. The first kappa shape index (κ1) is 20.1. The summed E-state index contributed by atoms with van der Waals surface area (Å²) in [4.78, 5) is 26.7. The molecule has 2 amide bonds. The zero-order valence-electron chi connectivity index (χ0n) is 17.1. The van der Waals surface area contributed by atoms with E-state index >= 15 is 0 Å². The molecule has 4 nitrogen and oxygen atoms in total. The van der Waals surface area contributed by atoms with E-state index in [0.717, 1.165) is 18.5 Å². The predicted molar refractivity (Wildman–Crippen MR) is 113 cm³/mol. The second-order valence-corrected chi connectivity index (χ2v) is 8.65. The number of nitrogens with one attached hydrogen (secondary N) is 1. The Morgan fingerprint density at radius 2 is 1.75 bits per heavy atom. The molecule has 0 spiro atoms. The van der Waals surface area contributed by atoms with Gasteiger partial charge in [-0.1, -0.05) is 63.2 Å². The number of rotatable bonds is 6. The molecule has 1 aliphatic rings. The van der Waals surface area contributed by atoms with Crippen molar-refractivity contribution in [3.8, 4) is 0 Å². The second kappa shape index (κ2) is 8.59. The zero-order valence-corrected chi connectivity index (χ0v) is 17.1. The van der Waals surface area contributed by atoms with Crippen LogP contribution in [0, 0.1) is 5.92 Å². The van der Waals surface area contributed by atoms with Gasteiger partial charge in [0.2, 0.25) is 11.8 Å². The lowest BCUT2D eigenvalue weighted by atomic mass is 9.87. The molecule has 0 saturated carbocycles. The number of hydrogen-bond donors (Lipinski definition) is 1. The topological polar surface area (TPSA) is 49.4 Å². The third kappa shape index (κ3) is 5.22. The normalized spacial score (nSPS) is 17.0. The summed E-state index contributed by atoms with van der Waals surface area (Å²) >= 11 is 0. The van der Waals surface area contributed by atoms with Gasteiger partial charge in [0.05, 0.1) is 5.92 Å². The van der Waals surface area contributed by atoms with E-state index in [4.69, 9.17) is 0 Å². The highest BCUT2D eigenvalue weighted by atomic mass is 16.2. The maximum atomic E-state index is 12.6. The minimum Gasteiger partial charge on any atom is -0.342 e. The van der Waals surface area contributed by atoms with E-state index in [9.17, 15) is 9.59 Å². The van der Waals surface area contributed by atoms with Gasteiger partial charge in [-0.15, -0.1) is 0 Å². The van der Waals surface area contributed by atoms with Crippen LogP contribution in [-0.4, -0.2) is 29.8 Å². The van der Waals surface area contributed by atoms with Crippen LogP contribution in [0.2, 0.25) is 0 Å². The molecule has 0 aliphatic carbocycles. The van der Waals surface area contributed by atoms with Crippen molar-refractivity contribution in [2.45, 2.75) is 45.4 Å². The molecule has 1 N–H and O–H groups in total. The summed E-state index contributed by atoms with van der Waals surface area (Å²) < 4.78 is 0. The van der Waals surface area contributed by atoms with Gasteiger partial charge in [0, 0.05) is 25.2 Å². The van der Waals surface area contributed by atoms with Crippen LogP contribution in [0.5, 0.6) is 0 Å². The number of hydrogen-bond acceptors (Lipinski definition) is 2. The monoisotopic (exact) mass is 378 g/mol. The number of carbonyl (C=O) groups is 2. The minimum absolute atomic E-state index is 0.0672. The van der Waals surface area contributed by atoms with Crippen LogP contribution in [0.4, 0.5) is 5.69 Å². The van der Waals surface area contributed by atoms with Crippen LogP contribution >= 0.6 is 0 Å². The number of amides is 2. The number of aryl methyl sites for hydroxylation is 1. The van der Waals surface area contributed by atoms with Crippen molar-refractivity contribution in [2.24, 2.45) is 5.92 Å². The molecule has 2 aromatic carbocycles. The van der Waals surface area contributed by atoms with Gasteiger partial charge in [-0.05, 0) is 41.5 Å². The molecule has 1 saturated heterocycles. The summed E-state index contributed by atoms with van der Waals surface area (Å²) in [7, 11) is 0. The Morgan fingerprint density at radius 1 is 1.07 bits per heavy atom. The standard InChI is InChI=1S/C24H30N2O2/c1-24(2,3)20-11-13-21(14-12-20)25-23(28)19-16-22(27)26(17-19)15-7-10-18-8-5-4-6-9-18/h4-6,8-9,11-14,19H,7,10,15-17H2,1-3H3,(H,25,28). The maximum Gasteiger partial charge on any atom is 0.229 e. The van der Waals surface area contributed by atoms with Gasteiger partial charge in [-0.3, -0.25) is 9.59 Å². The first-order valence-electron chi connectivity index (χ1n) is 10.1. The number of carbonyl (C=O) groups excluding carboxylic acids is 2. The zero-order chi connectivity index (χ0) is 20.1. The predicted octanol–water partition coefficient (Wildman–Crippen LogP) is 4.40. The Kier molecular flexibility index (Phi) is 6.18. The molecule has 1 fully saturated rings. The fraction of sp³-hybridized carbons (Fsp3) is 0.417. The molecule has 28 heavy (non-hydrogen) atoms. The van der Waals surface area contributed by atoms with Gasteiger partial charge in [-0.2, -0.15) is 0 Å². The molecule has 1 unspecified atom stereocenters. The molecule has 1 atom stereocenters. The van der Waals surface area contributed by atoms with Gasteiger partial charge in [-0.25, -0.2) is 0 Å². The molecule has 0 radical (unpaired) electrons. The molecule has 2 aromatic rings. The van der Waals surface area contributed by atoms with Crippen molar-refractivity contribution in [1.82, 2.24) is 4.90 Å². The first-order chi connectivity index (χ1) is 13.3. The average Bonchev–Trinajstić information content (AvgIpc) is 3.03. The smallest absolute Gasteiger partial charge is 0.229 e. The lowest BCUT2D eigenvalue weighted by Crippen LogP contribution is -2.29. The maximum absolute atomic E-state index is 12.6. The van der Waals surface area contributed by atoms with Crippen molar-refractivity contribution in [1.29, 1.82) is 0 Å². The van der Waals surface area contributed by atoms with Crippen molar-refractivity contribution in [3.63, 3.8) is 0 Å². The quantitative estimate of drug-likeness (QED) is 0.810. The van der Waals surface area contributed by atoms with E-state index in [-0.39, 0.29) is 23.1 Å². The van der Waals surface area contributed by atoms with Gasteiger partial charge in [0.25, 0.3) is 0 Å². The molecule has 4 heteroatoms. The Labute approximate surface area is 167 Å². The fourth-order valence-corrected chi connectivity index (χ4v) is 3.58. The summed E-state index contributed by atoms with van der Waals surface area (Å²) in [5, 5.41) is 2.97. The summed E-state index contributed by atoms with van der Waals surface area (Å²) in [6.45, 7) is 7.71. The molecule has 3 rings (SSSR count). The molecule has 1 aliphatic heterocycles. The van der Waals surface area contributed by atoms with Crippen LogP contribution in [-0.2, 0) is 21.4 Å². The van der Waals surface area contributed by atoms with Gasteiger partial charge in [0.15, 0.2) is 0 Å². The number of nitrogens with zero attached hydrogens (tertiary/aromatic N) is 1. The summed E-state index contributed by atoms with van der Waals surface area (Å²) in [6, 6.07) is 18.2. The highest BCUT2D eigenvalue weighted by molar-refractivity contribution is 5.97. The third-order valence-electron chi connectivity index (χ3n) is 5.34. The summed E-state index contributed by atoms with van der Waals surface area (Å²) in [5.74, 6) is -0.259. The molecule has 148 valence electrons. The Hall–Kier alpha value is -2.62. The van der Waals surface area contributed by atoms with E-state index in [1.165, 1.54) is 11.1 Å². The van der Waals surface area contributed by atoms with Crippen molar-refractivity contribution < 1.29 is 9.59 Å². The van der Waals surface area contributed by atoms with Crippen LogP contribution in [0.1, 0.15) is 44.7 Å². The molecular weight excluding hydrogens is 348 g/mol. The largest absolute Gasteiger partial charge is 0.342 e. The SMILES string of the molecule is CC(C)(C)c1ccc(NC(=O)C2CC(=O)N(CCCc3ccccc3)C2)cc1. The number of benzene rings is 2. The van der Waals surface area contributed by atoms with Crippen molar-refractivity contribution in [3.05, 3.63) is 65.7 Å². The molecule has 0 bridgehead atoms. The van der Waals surface area contributed by atoms with Crippen LogP contribution in [0.15, 0.2) is 54.6 Å². The Balaban J connectivity index is 1.49. The minimum atomic E-state index is -0.272. The molecular formula is C24H30N2O2. The van der Waals surface area contributed by atoms with Crippen LogP contribution < -0.4 is 5.32 Å². The molecule has 0 aromatic heterocycles. The first-order valence-corrected chi connectivity index (χ1v) is 10.1. The van der Waals surface area contributed by atoms with Crippen LogP contribution in [0.3, 0.4) is 0 Å². The second-order valence-electron chi connectivity index (χ2n) is 8.65. The Morgan fingerprint density at radius 3 is 2.39 bits per heavy atom. The van der Waals surface area contributed by atoms with E-state index in [1.807, 2.05) is 47.4 Å². The summed E-state index contributed by atoms with van der Waals surface area (Å²) in [5.41, 5.74) is 3.38. The van der Waals surface area contributed by atoms with E-state index in [2.05, 4.69) is 38.2 Å². The number of anilines is 1. The third-order valence-corrected chi connectivity index (χ3v) is 5.34. The average molecular weight is 379 g/mol. The van der Waals surface area contributed by atoms with Gasteiger partial charge >= 0.3 is 0 Å². The highest BCUT2D eigenvalue weighted by Gasteiger charge is 2.33. The van der Waals surface area contributed by atoms with Gasteiger partial charge in [0.1, 0.15) is 0 Å². The van der Waals surface area contributed by atoms with Crippen molar-refractivity contribution in [2.75, 3.05) is 18.4 Å². The van der Waals surface area contributed by atoms with E-state index in [0.29, 0.717) is 19.5 Å². The lowest BCUT2D eigenvalue weighted by Gasteiger charge is -2.19. The lowest BCUT2D eigenvalue weighted by molar-refractivity contribution is -0.128. The van der Waals surface area contributed by atoms with Crippen molar-refractivity contribution >= 4 is 17.5 Å². The van der Waals surface area contributed by atoms with E-state index < -0.39 is 0 Å². The highest BCUT2D eigenvalue weighted by Crippen LogP contribution is 2.25. The number of likely N-dealkylation sites (tertiary alicyclic amines) is 1. The van der Waals surface area contributed by atoms with E-state index in [1.54, 1.807) is 0 Å². The molecule has 1 heterocycles. The van der Waals surface area contributed by atoms with Crippen LogP contribution in [0.25, 0.3) is 0 Å². The fourth-order valence-electron chi connectivity index (χ4n) is 3.58. The van der Waals surface area contributed by atoms with Gasteiger partial charge < -0.3 is 10.2 Å². The summed E-state index contributed by atoms with van der Waals surface area (Å²) in [6.07, 6.45) is 2.16.